The van der Waals surface area contributed by atoms with Crippen LogP contribution in [0.15, 0.2) is 24.3 Å². The molecule has 0 radical (unpaired) electrons. The van der Waals surface area contributed by atoms with E-state index in [-0.39, 0.29) is 0 Å². The summed E-state index contributed by atoms with van der Waals surface area (Å²) in [5, 5.41) is 0.863. The minimum atomic E-state index is 0.863. The van der Waals surface area contributed by atoms with Crippen LogP contribution in [-0.4, -0.2) is 0 Å². The molecule has 0 atom stereocenters. The van der Waals surface area contributed by atoms with Crippen LogP contribution in [0.3, 0.4) is 0 Å². The highest BCUT2D eigenvalue weighted by Crippen LogP contribution is 2.14. The molecule has 0 aliphatic rings. The largest absolute Gasteiger partial charge is 0.0843 e. The lowest BCUT2D eigenvalue weighted by Gasteiger charge is -2.03. The second-order valence-corrected chi connectivity index (χ2v) is 5.29. The number of hydrogen-bond donors (Lipinski definition) is 0. The Bertz CT molecular complexity index is 293. The molecule has 0 aromatic heterocycles. The zero-order valence-electron chi connectivity index (χ0n) is 11.1. The van der Waals surface area contributed by atoms with E-state index >= 15 is 0 Å². The lowest BCUT2D eigenvalue weighted by molar-refractivity contribution is 0.575. The Morgan fingerprint density at radius 2 is 1.53 bits per heavy atom. The SMILES string of the molecule is CCCCCCCCCCc1cccc(Cl)c1. The monoisotopic (exact) mass is 252 g/mol. The lowest BCUT2D eigenvalue weighted by Crippen LogP contribution is -1.86. The highest BCUT2D eigenvalue weighted by molar-refractivity contribution is 6.30. The van der Waals surface area contributed by atoms with Gasteiger partial charge in [-0.25, -0.2) is 0 Å². The van der Waals surface area contributed by atoms with E-state index in [1.54, 1.807) is 0 Å². The Labute approximate surface area is 111 Å². The molecule has 0 fully saturated rings. The molecule has 0 unspecified atom stereocenters. The maximum atomic E-state index is 5.96. The Kier molecular flexibility index (Phi) is 8.17. The molecule has 0 aliphatic carbocycles. The van der Waals surface area contributed by atoms with Crippen molar-refractivity contribution in [1.29, 1.82) is 0 Å². The van der Waals surface area contributed by atoms with Crippen LogP contribution in [0.5, 0.6) is 0 Å². The average molecular weight is 253 g/mol. The van der Waals surface area contributed by atoms with Crippen LogP contribution < -0.4 is 0 Å². The summed E-state index contributed by atoms with van der Waals surface area (Å²) in [4.78, 5) is 0. The fraction of sp³-hybridized carbons (Fsp3) is 0.625. The van der Waals surface area contributed by atoms with Gasteiger partial charge in [0.15, 0.2) is 0 Å². The Balaban J connectivity index is 1.97. The normalized spacial score (nSPS) is 10.7. The summed E-state index contributed by atoms with van der Waals surface area (Å²) < 4.78 is 0. The zero-order chi connectivity index (χ0) is 12.3. The van der Waals surface area contributed by atoms with Gasteiger partial charge in [-0.2, -0.15) is 0 Å². The first-order valence-electron chi connectivity index (χ1n) is 7.07. The van der Waals surface area contributed by atoms with Gasteiger partial charge in [0.1, 0.15) is 0 Å². The Morgan fingerprint density at radius 3 is 2.18 bits per heavy atom. The minimum Gasteiger partial charge on any atom is -0.0843 e. The molecule has 0 bridgehead atoms. The second-order valence-electron chi connectivity index (χ2n) is 4.85. The van der Waals surface area contributed by atoms with E-state index in [1.165, 1.54) is 63.4 Å². The fourth-order valence-electron chi connectivity index (χ4n) is 2.16. The molecule has 1 aromatic rings. The molecule has 17 heavy (non-hydrogen) atoms. The van der Waals surface area contributed by atoms with Crippen LogP contribution in [0.25, 0.3) is 0 Å². The first-order chi connectivity index (χ1) is 8.33. The first kappa shape index (κ1) is 14.6. The fourth-order valence-corrected chi connectivity index (χ4v) is 2.37. The molecule has 0 saturated heterocycles. The summed E-state index contributed by atoms with van der Waals surface area (Å²) in [6.07, 6.45) is 12.2. The number of benzene rings is 1. The van der Waals surface area contributed by atoms with Gasteiger partial charge in [0.2, 0.25) is 0 Å². The van der Waals surface area contributed by atoms with Crippen LogP contribution >= 0.6 is 11.6 Å². The summed E-state index contributed by atoms with van der Waals surface area (Å²) >= 11 is 5.96. The number of aryl methyl sites for hydroxylation is 1. The van der Waals surface area contributed by atoms with Crippen molar-refractivity contribution in [3.63, 3.8) is 0 Å². The molecule has 96 valence electrons. The maximum Gasteiger partial charge on any atom is 0.0408 e. The van der Waals surface area contributed by atoms with Crippen molar-refractivity contribution in [3.05, 3.63) is 34.9 Å². The van der Waals surface area contributed by atoms with Crippen molar-refractivity contribution in [2.24, 2.45) is 0 Å². The van der Waals surface area contributed by atoms with Gasteiger partial charge in [0.25, 0.3) is 0 Å². The lowest BCUT2D eigenvalue weighted by atomic mass is 10.0. The molecule has 1 heteroatoms. The highest BCUT2D eigenvalue weighted by atomic mass is 35.5. The van der Waals surface area contributed by atoms with Crippen molar-refractivity contribution in [1.82, 2.24) is 0 Å². The van der Waals surface area contributed by atoms with E-state index in [0.717, 1.165) is 5.02 Å². The molecular weight excluding hydrogens is 228 g/mol. The molecule has 1 aromatic carbocycles. The van der Waals surface area contributed by atoms with Crippen molar-refractivity contribution in [2.45, 2.75) is 64.7 Å². The molecule has 0 nitrogen and oxygen atoms in total. The third-order valence-electron chi connectivity index (χ3n) is 3.21. The second kappa shape index (κ2) is 9.53. The zero-order valence-corrected chi connectivity index (χ0v) is 11.8. The minimum absolute atomic E-state index is 0.863. The summed E-state index contributed by atoms with van der Waals surface area (Å²) in [7, 11) is 0. The van der Waals surface area contributed by atoms with E-state index in [1.807, 2.05) is 12.1 Å². The van der Waals surface area contributed by atoms with E-state index in [4.69, 9.17) is 11.6 Å². The Hall–Kier alpha value is -0.490. The molecule has 0 heterocycles. The number of hydrogen-bond acceptors (Lipinski definition) is 0. The van der Waals surface area contributed by atoms with Crippen LogP contribution in [0.2, 0.25) is 5.02 Å². The van der Waals surface area contributed by atoms with Gasteiger partial charge in [-0.15, -0.1) is 0 Å². The van der Waals surface area contributed by atoms with Gasteiger partial charge in [-0.05, 0) is 30.5 Å². The predicted molar refractivity (Wildman–Crippen MR) is 77.8 cm³/mol. The van der Waals surface area contributed by atoms with E-state index in [9.17, 15) is 0 Å². The quantitative estimate of drug-likeness (QED) is 0.471. The molecule has 0 saturated carbocycles. The first-order valence-corrected chi connectivity index (χ1v) is 7.45. The maximum absolute atomic E-state index is 5.96. The van der Waals surface area contributed by atoms with E-state index in [0.29, 0.717) is 0 Å². The number of halogens is 1. The third-order valence-corrected chi connectivity index (χ3v) is 3.44. The summed E-state index contributed by atoms with van der Waals surface area (Å²) in [5.74, 6) is 0. The molecule has 1 rings (SSSR count). The molecular formula is C16H25Cl. The smallest absolute Gasteiger partial charge is 0.0408 e. The van der Waals surface area contributed by atoms with Crippen LogP contribution in [0.1, 0.15) is 63.9 Å². The molecule has 0 spiro atoms. The summed E-state index contributed by atoms with van der Waals surface area (Å²) in [5.41, 5.74) is 1.38. The van der Waals surface area contributed by atoms with Crippen LogP contribution in [-0.2, 0) is 6.42 Å². The topological polar surface area (TPSA) is 0 Å². The third kappa shape index (κ3) is 7.44. The number of unbranched alkanes of at least 4 members (excludes halogenated alkanes) is 7. The Morgan fingerprint density at radius 1 is 0.882 bits per heavy atom. The van der Waals surface area contributed by atoms with Gasteiger partial charge in [0.05, 0.1) is 0 Å². The van der Waals surface area contributed by atoms with Crippen LogP contribution in [0.4, 0.5) is 0 Å². The van der Waals surface area contributed by atoms with Crippen LogP contribution in [0, 0.1) is 0 Å². The van der Waals surface area contributed by atoms with E-state index in [2.05, 4.69) is 19.1 Å². The van der Waals surface area contributed by atoms with Gasteiger partial charge >= 0.3 is 0 Å². The van der Waals surface area contributed by atoms with E-state index < -0.39 is 0 Å². The molecule has 0 amide bonds. The van der Waals surface area contributed by atoms with Crippen molar-refractivity contribution < 1.29 is 0 Å². The van der Waals surface area contributed by atoms with Crippen molar-refractivity contribution in [2.75, 3.05) is 0 Å². The highest BCUT2D eigenvalue weighted by Gasteiger charge is 1.95. The standard InChI is InChI=1S/C16H25Cl/c1-2-3-4-5-6-7-8-9-11-15-12-10-13-16(17)14-15/h10,12-14H,2-9,11H2,1H3. The molecule has 0 aliphatic heterocycles. The van der Waals surface area contributed by atoms with Gasteiger partial charge < -0.3 is 0 Å². The molecule has 0 N–H and O–H groups in total. The van der Waals surface area contributed by atoms with Crippen molar-refractivity contribution in [3.8, 4) is 0 Å². The van der Waals surface area contributed by atoms with Crippen molar-refractivity contribution >= 4 is 11.6 Å². The average Bonchev–Trinajstić information content (AvgIpc) is 2.33. The van der Waals surface area contributed by atoms with Gasteiger partial charge in [-0.1, -0.05) is 75.6 Å². The van der Waals surface area contributed by atoms with Gasteiger partial charge in [0, 0.05) is 5.02 Å². The predicted octanol–water partition coefficient (Wildman–Crippen LogP) is 6.02. The summed E-state index contributed by atoms with van der Waals surface area (Å²) in [6, 6.07) is 8.25. The summed E-state index contributed by atoms with van der Waals surface area (Å²) in [6.45, 7) is 2.27. The number of rotatable bonds is 9. The van der Waals surface area contributed by atoms with Gasteiger partial charge in [-0.3, -0.25) is 0 Å².